The molecule has 82 valence electrons. The average molecular weight is 209 g/mol. The topological polar surface area (TPSA) is 53.7 Å². The number of carbonyl (C=O) groups is 1. The van der Waals surface area contributed by atoms with E-state index in [4.69, 9.17) is 9.52 Å². The highest BCUT2D eigenvalue weighted by Crippen LogP contribution is 2.21. The maximum atomic E-state index is 11.9. The lowest BCUT2D eigenvalue weighted by molar-refractivity contribution is 0.0784. The van der Waals surface area contributed by atoms with Gasteiger partial charge in [-0.25, -0.2) is 0 Å². The van der Waals surface area contributed by atoms with Gasteiger partial charge in [0.05, 0.1) is 11.8 Å². The first kappa shape index (κ1) is 10.2. The Morgan fingerprint density at radius 2 is 2.53 bits per heavy atom. The highest BCUT2D eigenvalue weighted by molar-refractivity contribution is 5.93. The Labute approximate surface area is 88.5 Å². The van der Waals surface area contributed by atoms with Crippen LogP contribution in [0.3, 0.4) is 0 Å². The molecule has 0 aromatic carbocycles. The van der Waals surface area contributed by atoms with Crippen molar-refractivity contribution in [3.05, 3.63) is 24.2 Å². The highest BCUT2D eigenvalue weighted by Gasteiger charge is 2.26. The van der Waals surface area contributed by atoms with Crippen LogP contribution in [-0.2, 0) is 0 Å². The number of likely N-dealkylation sites (tertiary alicyclic amines) is 1. The van der Waals surface area contributed by atoms with Crippen molar-refractivity contribution in [2.45, 2.75) is 12.8 Å². The fourth-order valence-corrected chi connectivity index (χ4v) is 2.00. The second kappa shape index (κ2) is 4.49. The van der Waals surface area contributed by atoms with Crippen LogP contribution in [0.1, 0.15) is 23.2 Å². The smallest absolute Gasteiger partial charge is 0.257 e. The summed E-state index contributed by atoms with van der Waals surface area (Å²) in [6, 6.07) is 1.68. The van der Waals surface area contributed by atoms with E-state index in [0.717, 1.165) is 25.9 Å². The van der Waals surface area contributed by atoms with Gasteiger partial charge in [-0.3, -0.25) is 4.79 Å². The van der Waals surface area contributed by atoms with E-state index in [-0.39, 0.29) is 12.5 Å². The van der Waals surface area contributed by atoms with Crippen LogP contribution in [-0.4, -0.2) is 35.6 Å². The number of aliphatic hydroxyl groups excluding tert-OH is 1. The number of hydrogen-bond acceptors (Lipinski definition) is 3. The maximum Gasteiger partial charge on any atom is 0.257 e. The minimum absolute atomic E-state index is 0.0317. The molecule has 4 heteroatoms. The van der Waals surface area contributed by atoms with Gasteiger partial charge in [0.1, 0.15) is 6.26 Å². The van der Waals surface area contributed by atoms with Crippen LogP contribution in [0.5, 0.6) is 0 Å². The zero-order valence-electron chi connectivity index (χ0n) is 8.56. The summed E-state index contributed by atoms with van der Waals surface area (Å²) in [5.74, 6) is 0.482. The second-order valence-electron chi connectivity index (χ2n) is 3.93. The largest absolute Gasteiger partial charge is 0.472 e. The Hall–Kier alpha value is -1.29. The number of nitrogens with zero attached hydrogens (tertiary/aromatic N) is 1. The maximum absolute atomic E-state index is 11.9. The lowest BCUT2D eigenvalue weighted by Gasteiger charge is -2.14. The Kier molecular flexibility index (Phi) is 3.06. The molecule has 4 nitrogen and oxygen atoms in total. The molecule has 1 unspecified atom stereocenters. The summed E-state index contributed by atoms with van der Waals surface area (Å²) >= 11 is 0. The van der Waals surface area contributed by atoms with E-state index >= 15 is 0 Å². The second-order valence-corrected chi connectivity index (χ2v) is 3.93. The Bertz CT molecular complexity index is 321. The van der Waals surface area contributed by atoms with Gasteiger partial charge in [-0.15, -0.1) is 0 Å². The van der Waals surface area contributed by atoms with E-state index in [1.54, 1.807) is 6.07 Å². The first-order valence-electron chi connectivity index (χ1n) is 5.23. The van der Waals surface area contributed by atoms with Crippen LogP contribution in [0.4, 0.5) is 0 Å². The van der Waals surface area contributed by atoms with Gasteiger partial charge >= 0.3 is 0 Å². The molecule has 15 heavy (non-hydrogen) atoms. The van der Waals surface area contributed by atoms with Crippen molar-refractivity contribution in [3.8, 4) is 0 Å². The zero-order valence-corrected chi connectivity index (χ0v) is 8.56. The van der Waals surface area contributed by atoms with Gasteiger partial charge in [-0.2, -0.15) is 0 Å². The highest BCUT2D eigenvalue weighted by atomic mass is 16.3. The van der Waals surface area contributed by atoms with Crippen molar-refractivity contribution in [1.29, 1.82) is 0 Å². The SMILES string of the molecule is O=C(c1ccoc1)N1CCC(CCO)C1. The average Bonchev–Trinajstić information content (AvgIpc) is 2.87. The third-order valence-corrected chi connectivity index (χ3v) is 2.88. The molecule has 1 fully saturated rings. The van der Waals surface area contributed by atoms with E-state index in [2.05, 4.69) is 0 Å². The molecule has 0 spiro atoms. The molecule has 1 atom stereocenters. The number of hydrogen-bond donors (Lipinski definition) is 1. The Morgan fingerprint density at radius 3 is 3.20 bits per heavy atom. The van der Waals surface area contributed by atoms with Crippen LogP contribution in [0.25, 0.3) is 0 Å². The quantitative estimate of drug-likeness (QED) is 0.811. The molecule has 1 saturated heterocycles. The molecule has 1 N–H and O–H groups in total. The fourth-order valence-electron chi connectivity index (χ4n) is 2.00. The molecule has 1 aliphatic heterocycles. The minimum Gasteiger partial charge on any atom is -0.472 e. The first-order chi connectivity index (χ1) is 7.31. The molecule has 2 heterocycles. The number of amides is 1. The third-order valence-electron chi connectivity index (χ3n) is 2.88. The number of aliphatic hydroxyl groups is 1. The van der Waals surface area contributed by atoms with Crippen LogP contribution in [0.2, 0.25) is 0 Å². The summed E-state index contributed by atoms with van der Waals surface area (Å²) in [6.45, 7) is 1.75. The molecule has 1 aromatic rings. The van der Waals surface area contributed by atoms with Gasteiger partial charge < -0.3 is 14.4 Å². The van der Waals surface area contributed by atoms with Gasteiger partial charge in [0.2, 0.25) is 0 Å². The predicted octanol–water partition coefficient (Wildman–Crippen LogP) is 1.12. The standard InChI is InChI=1S/C11H15NO3/c13-5-2-9-1-4-12(7-9)11(14)10-3-6-15-8-10/h3,6,8-9,13H,1-2,4-5,7H2. The van der Waals surface area contributed by atoms with Crippen molar-refractivity contribution >= 4 is 5.91 Å². The van der Waals surface area contributed by atoms with Gasteiger partial charge in [0, 0.05) is 19.7 Å². The van der Waals surface area contributed by atoms with E-state index in [0.29, 0.717) is 11.5 Å². The van der Waals surface area contributed by atoms with Crippen molar-refractivity contribution in [1.82, 2.24) is 4.90 Å². The van der Waals surface area contributed by atoms with Crippen LogP contribution >= 0.6 is 0 Å². The molecular weight excluding hydrogens is 194 g/mol. The van der Waals surface area contributed by atoms with Gasteiger partial charge in [0.15, 0.2) is 0 Å². The lowest BCUT2D eigenvalue weighted by Crippen LogP contribution is -2.28. The third kappa shape index (κ3) is 2.21. The van der Waals surface area contributed by atoms with E-state index < -0.39 is 0 Å². The van der Waals surface area contributed by atoms with Gasteiger partial charge in [0.25, 0.3) is 5.91 Å². The molecule has 0 bridgehead atoms. The first-order valence-corrected chi connectivity index (χ1v) is 5.23. The molecular formula is C11H15NO3. The number of furan rings is 1. The lowest BCUT2D eigenvalue weighted by atomic mass is 10.1. The molecule has 1 amide bonds. The minimum atomic E-state index is 0.0317. The number of carbonyl (C=O) groups excluding carboxylic acids is 1. The molecule has 0 aliphatic carbocycles. The van der Waals surface area contributed by atoms with Crippen molar-refractivity contribution < 1.29 is 14.3 Å². The molecule has 0 radical (unpaired) electrons. The fraction of sp³-hybridized carbons (Fsp3) is 0.545. The van der Waals surface area contributed by atoms with E-state index in [9.17, 15) is 4.79 Å². The van der Waals surface area contributed by atoms with Crippen molar-refractivity contribution in [2.75, 3.05) is 19.7 Å². The predicted molar refractivity (Wildman–Crippen MR) is 54.4 cm³/mol. The summed E-state index contributed by atoms with van der Waals surface area (Å²) in [4.78, 5) is 13.7. The van der Waals surface area contributed by atoms with Gasteiger partial charge in [-0.05, 0) is 24.8 Å². The zero-order chi connectivity index (χ0) is 10.7. The Balaban J connectivity index is 1.93. The van der Waals surface area contributed by atoms with Gasteiger partial charge in [-0.1, -0.05) is 0 Å². The summed E-state index contributed by atoms with van der Waals surface area (Å²) in [5, 5.41) is 8.82. The summed E-state index contributed by atoms with van der Waals surface area (Å²) in [5.41, 5.74) is 0.611. The molecule has 1 aromatic heterocycles. The van der Waals surface area contributed by atoms with E-state index in [1.165, 1.54) is 12.5 Å². The molecule has 2 rings (SSSR count). The van der Waals surface area contributed by atoms with E-state index in [1.807, 2.05) is 4.90 Å². The van der Waals surface area contributed by atoms with Crippen molar-refractivity contribution in [2.24, 2.45) is 5.92 Å². The summed E-state index contributed by atoms with van der Waals surface area (Å²) < 4.78 is 4.88. The molecule has 0 saturated carbocycles. The Morgan fingerprint density at radius 1 is 1.67 bits per heavy atom. The van der Waals surface area contributed by atoms with Crippen LogP contribution < -0.4 is 0 Å². The molecule has 1 aliphatic rings. The normalized spacial score (nSPS) is 20.9. The van der Waals surface area contributed by atoms with Crippen LogP contribution in [0, 0.1) is 5.92 Å². The summed E-state index contributed by atoms with van der Waals surface area (Å²) in [7, 11) is 0. The number of rotatable bonds is 3. The summed E-state index contributed by atoms with van der Waals surface area (Å²) in [6.07, 6.45) is 4.76. The van der Waals surface area contributed by atoms with Crippen molar-refractivity contribution in [3.63, 3.8) is 0 Å². The monoisotopic (exact) mass is 209 g/mol. The van der Waals surface area contributed by atoms with Crippen LogP contribution in [0.15, 0.2) is 23.0 Å².